The standard InChI is InChI=1S/C17H16Br2N2O2S/c1-11-7-14(5-6-15(11)19)21-17(23)10-24-9-16(22)20-13-4-2-3-12(18)8-13/h2-8H,9-10H2,1H3,(H,20,22)(H,21,23). The fourth-order valence-corrected chi connectivity index (χ4v) is 3.18. The summed E-state index contributed by atoms with van der Waals surface area (Å²) >= 11 is 8.05. The van der Waals surface area contributed by atoms with Crippen molar-refractivity contribution in [2.75, 3.05) is 22.1 Å². The SMILES string of the molecule is Cc1cc(NC(=O)CSCC(=O)Nc2cccc(Br)c2)ccc1Br. The molecule has 0 aliphatic heterocycles. The molecule has 0 bridgehead atoms. The van der Waals surface area contributed by atoms with E-state index in [1.165, 1.54) is 11.8 Å². The van der Waals surface area contributed by atoms with Crippen molar-refractivity contribution in [2.45, 2.75) is 6.92 Å². The highest BCUT2D eigenvalue weighted by atomic mass is 79.9. The number of carbonyl (C=O) groups excluding carboxylic acids is 2. The highest BCUT2D eigenvalue weighted by Gasteiger charge is 2.07. The van der Waals surface area contributed by atoms with Crippen LogP contribution in [0.25, 0.3) is 0 Å². The van der Waals surface area contributed by atoms with E-state index in [0.29, 0.717) is 0 Å². The Morgan fingerprint density at radius 2 is 1.58 bits per heavy atom. The number of nitrogens with one attached hydrogen (secondary N) is 2. The maximum Gasteiger partial charge on any atom is 0.234 e. The van der Waals surface area contributed by atoms with Crippen molar-refractivity contribution in [3.8, 4) is 0 Å². The number of anilines is 2. The smallest absolute Gasteiger partial charge is 0.234 e. The van der Waals surface area contributed by atoms with Gasteiger partial charge in [-0.25, -0.2) is 0 Å². The molecular formula is C17H16Br2N2O2S. The summed E-state index contributed by atoms with van der Waals surface area (Å²) in [5.41, 5.74) is 2.53. The highest BCUT2D eigenvalue weighted by molar-refractivity contribution is 9.10. The number of hydrogen-bond donors (Lipinski definition) is 2. The molecule has 0 spiro atoms. The van der Waals surface area contributed by atoms with Crippen LogP contribution in [0, 0.1) is 6.92 Å². The molecule has 0 aromatic heterocycles. The van der Waals surface area contributed by atoms with Crippen molar-refractivity contribution in [1.29, 1.82) is 0 Å². The van der Waals surface area contributed by atoms with Gasteiger partial charge < -0.3 is 10.6 Å². The van der Waals surface area contributed by atoms with Crippen LogP contribution in [0.15, 0.2) is 51.4 Å². The van der Waals surface area contributed by atoms with Gasteiger partial charge in [-0.1, -0.05) is 37.9 Å². The van der Waals surface area contributed by atoms with Crippen molar-refractivity contribution < 1.29 is 9.59 Å². The molecule has 2 aromatic carbocycles. The van der Waals surface area contributed by atoms with Gasteiger partial charge in [-0.15, -0.1) is 11.8 Å². The number of aryl methyl sites for hydroxylation is 1. The number of benzene rings is 2. The molecule has 2 aromatic rings. The Balaban J connectivity index is 1.73. The predicted molar refractivity (Wildman–Crippen MR) is 108 cm³/mol. The molecule has 0 saturated heterocycles. The Hall–Kier alpha value is -1.31. The minimum absolute atomic E-state index is 0.128. The van der Waals surface area contributed by atoms with Gasteiger partial charge in [-0.2, -0.15) is 0 Å². The lowest BCUT2D eigenvalue weighted by Gasteiger charge is -2.08. The van der Waals surface area contributed by atoms with E-state index in [0.717, 1.165) is 25.9 Å². The van der Waals surface area contributed by atoms with Crippen molar-refractivity contribution in [3.05, 3.63) is 57.0 Å². The average molecular weight is 472 g/mol. The molecule has 0 heterocycles. The average Bonchev–Trinajstić information content (AvgIpc) is 2.51. The molecule has 126 valence electrons. The molecule has 0 atom stereocenters. The van der Waals surface area contributed by atoms with Crippen LogP contribution < -0.4 is 10.6 Å². The predicted octanol–water partition coefficient (Wildman–Crippen LogP) is 4.83. The summed E-state index contributed by atoms with van der Waals surface area (Å²) in [5, 5.41) is 5.62. The first-order chi connectivity index (χ1) is 11.4. The summed E-state index contributed by atoms with van der Waals surface area (Å²) in [4.78, 5) is 23.8. The molecule has 0 aliphatic carbocycles. The van der Waals surface area contributed by atoms with E-state index in [9.17, 15) is 9.59 Å². The monoisotopic (exact) mass is 470 g/mol. The summed E-state index contributed by atoms with van der Waals surface area (Å²) < 4.78 is 1.90. The third-order valence-corrected chi connectivity index (χ3v) is 5.33. The second-order valence-electron chi connectivity index (χ2n) is 5.06. The van der Waals surface area contributed by atoms with Crippen molar-refractivity contribution in [2.24, 2.45) is 0 Å². The topological polar surface area (TPSA) is 58.2 Å². The molecule has 0 radical (unpaired) electrons. The molecule has 0 fully saturated rings. The van der Waals surface area contributed by atoms with Gasteiger partial charge in [0.15, 0.2) is 0 Å². The van der Waals surface area contributed by atoms with Crippen LogP contribution >= 0.6 is 43.6 Å². The van der Waals surface area contributed by atoms with E-state index >= 15 is 0 Å². The minimum Gasteiger partial charge on any atom is -0.325 e. The van der Waals surface area contributed by atoms with Gasteiger partial charge in [-0.05, 0) is 48.9 Å². The van der Waals surface area contributed by atoms with E-state index in [1.54, 1.807) is 0 Å². The third-order valence-electron chi connectivity index (χ3n) is 3.02. The van der Waals surface area contributed by atoms with Crippen LogP contribution in [0.3, 0.4) is 0 Å². The zero-order chi connectivity index (χ0) is 17.5. The number of thioether (sulfide) groups is 1. The summed E-state index contributed by atoms with van der Waals surface area (Å²) in [6, 6.07) is 13.0. The van der Waals surface area contributed by atoms with E-state index in [-0.39, 0.29) is 23.3 Å². The Morgan fingerprint density at radius 3 is 2.17 bits per heavy atom. The Morgan fingerprint density at radius 1 is 0.958 bits per heavy atom. The van der Waals surface area contributed by atoms with Gasteiger partial charge >= 0.3 is 0 Å². The zero-order valence-corrected chi connectivity index (χ0v) is 16.9. The van der Waals surface area contributed by atoms with Gasteiger partial charge in [0, 0.05) is 20.3 Å². The van der Waals surface area contributed by atoms with Crippen LogP contribution in [0.2, 0.25) is 0 Å². The summed E-state index contributed by atoms with van der Waals surface area (Å²) in [5.74, 6) is 0.183. The maximum absolute atomic E-state index is 11.9. The fraction of sp³-hybridized carbons (Fsp3) is 0.176. The third kappa shape index (κ3) is 6.30. The number of halogens is 2. The Bertz CT molecular complexity index is 753. The lowest BCUT2D eigenvalue weighted by molar-refractivity contribution is -0.114. The van der Waals surface area contributed by atoms with Crippen LogP contribution in [0.4, 0.5) is 11.4 Å². The largest absolute Gasteiger partial charge is 0.325 e. The Labute approximate surface area is 162 Å². The first kappa shape index (κ1) is 19.0. The van der Waals surface area contributed by atoms with E-state index in [1.807, 2.05) is 49.4 Å². The quantitative estimate of drug-likeness (QED) is 0.634. The number of amides is 2. The normalized spacial score (nSPS) is 10.3. The molecular weight excluding hydrogens is 456 g/mol. The molecule has 2 amide bonds. The lowest BCUT2D eigenvalue weighted by atomic mass is 10.2. The molecule has 0 unspecified atom stereocenters. The van der Waals surface area contributed by atoms with Crippen molar-refractivity contribution in [1.82, 2.24) is 0 Å². The zero-order valence-electron chi connectivity index (χ0n) is 12.9. The minimum atomic E-state index is -0.134. The van der Waals surface area contributed by atoms with E-state index in [2.05, 4.69) is 42.5 Å². The van der Waals surface area contributed by atoms with E-state index < -0.39 is 0 Å². The number of rotatable bonds is 6. The molecule has 2 N–H and O–H groups in total. The van der Waals surface area contributed by atoms with Gasteiger partial charge in [0.25, 0.3) is 0 Å². The van der Waals surface area contributed by atoms with Crippen LogP contribution in [0.1, 0.15) is 5.56 Å². The van der Waals surface area contributed by atoms with Gasteiger partial charge in [0.2, 0.25) is 11.8 Å². The molecule has 0 saturated carbocycles. The second-order valence-corrected chi connectivity index (χ2v) is 7.82. The van der Waals surface area contributed by atoms with Gasteiger partial charge in [0.1, 0.15) is 0 Å². The summed E-state index contributed by atoms with van der Waals surface area (Å²) in [6.45, 7) is 1.96. The van der Waals surface area contributed by atoms with Crippen LogP contribution in [0.5, 0.6) is 0 Å². The first-order valence-corrected chi connectivity index (χ1v) is 9.87. The van der Waals surface area contributed by atoms with Gasteiger partial charge in [-0.3, -0.25) is 9.59 Å². The highest BCUT2D eigenvalue weighted by Crippen LogP contribution is 2.20. The molecule has 24 heavy (non-hydrogen) atoms. The second kappa shape index (κ2) is 9.25. The molecule has 4 nitrogen and oxygen atoms in total. The first-order valence-electron chi connectivity index (χ1n) is 7.13. The molecule has 0 aliphatic rings. The summed E-state index contributed by atoms with van der Waals surface area (Å²) in [6.07, 6.45) is 0. The Kier molecular flexibility index (Phi) is 7.33. The van der Waals surface area contributed by atoms with Gasteiger partial charge in [0.05, 0.1) is 11.5 Å². The van der Waals surface area contributed by atoms with Crippen molar-refractivity contribution in [3.63, 3.8) is 0 Å². The fourth-order valence-electron chi connectivity index (χ4n) is 1.92. The molecule has 7 heteroatoms. The number of carbonyl (C=O) groups is 2. The molecule has 2 rings (SSSR count). The lowest BCUT2D eigenvalue weighted by Crippen LogP contribution is -2.18. The number of hydrogen-bond acceptors (Lipinski definition) is 3. The summed E-state index contributed by atoms with van der Waals surface area (Å²) in [7, 11) is 0. The van der Waals surface area contributed by atoms with Crippen molar-refractivity contribution >= 4 is 66.8 Å². The van der Waals surface area contributed by atoms with E-state index in [4.69, 9.17) is 0 Å². The maximum atomic E-state index is 11.9. The van der Waals surface area contributed by atoms with Crippen LogP contribution in [-0.4, -0.2) is 23.3 Å². The van der Waals surface area contributed by atoms with Crippen LogP contribution in [-0.2, 0) is 9.59 Å².